The van der Waals surface area contributed by atoms with Crippen molar-refractivity contribution < 1.29 is 13.2 Å². The minimum Gasteiger partial charge on any atom is -0.497 e. The van der Waals surface area contributed by atoms with E-state index in [1.807, 2.05) is 12.1 Å². The van der Waals surface area contributed by atoms with Crippen LogP contribution in [0.2, 0.25) is 0 Å². The lowest BCUT2D eigenvalue weighted by atomic mass is 10.2. The number of nitrogens with zero attached hydrogens (tertiary/aromatic N) is 1. The van der Waals surface area contributed by atoms with Gasteiger partial charge >= 0.3 is 0 Å². The standard InChI is InChI=1S/C15H18N2O3S/c1-20-15-9-7-14(8-10-15)17(21(2,18)19)11-12-3-5-13(16)6-4-12/h3-10H,11,16H2,1-2H3. The van der Waals surface area contributed by atoms with E-state index in [2.05, 4.69) is 0 Å². The van der Waals surface area contributed by atoms with Crippen LogP contribution in [-0.2, 0) is 16.6 Å². The van der Waals surface area contributed by atoms with Gasteiger partial charge in [0.1, 0.15) is 5.75 Å². The molecule has 2 aromatic carbocycles. The van der Waals surface area contributed by atoms with E-state index in [1.54, 1.807) is 43.5 Å². The van der Waals surface area contributed by atoms with Gasteiger partial charge in [-0.1, -0.05) is 12.1 Å². The fourth-order valence-corrected chi connectivity index (χ4v) is 2.83. The fourth-order valence-electron chi connectivity index (χ4n) is 1.94. The smallest absolute Gasteiger partial charge is 0.232 e. The average Bonchev–Trinajstić information content (AvgIpc) is 2.45. The Bertz CT molecular complexity index is 695. The van der Waals surface area contributed by atoms with Crippen LogP contribution >= 0.6 is 0 Å². The summed E-state index contributed by atoms with van der Waals surface area (Å²) in [5.41, 5.74) is 7.75. The summed E-state index contributed by atoms with van der Waals surface area (Å²) in [4.78, 5) is 0. The highest BCUT2D eigenvalue weighted by molar-refractivity contribution is 7.92. The van der Waals surface area contributed by atoms with Crippen molar-refractivity contribution in [3.63, 3.8) is 0 Å². The topological polar surface area (TPSA) is 72.6 Å². The highest BCUT2D eigenvalue weighted by Crippen LogP contribution is 2.23. The first-order valence-corrected chi connectivity index (χ1v) is 8.21. The van der Waals surface area contributed by atoms with Crippen LogP contribution < -0.4 is 14.8 Å². The lowest BCUT2D eigenvalue weighted by Crippen LogP contribution is -2.29. The zero-order valence-corrected chi connectivity index (χ0v) is 12.8. The molecule has 2 rings (SSSR count). The third-order valence-corrected chi connectivity index (χ3v) is 4.21. The zero-order valence-electron chi connectivity index (χ0n) is 12.0. The van der Waals surface area contributed by atoms with Crippen LogP contribution in [0.15, 0.2) is 48.5 Å². The van der Waals surface area contributed by atoms with Gasteiger partial charge in [-0.05, 0) is 42.0 Å². The molecule has 5 nitrogen and oxygen atoms in total. The van der Waals surface area contributed by atoms with Crippen LogP contribution in [0, 0.1) is 0 Å². The second kappa shape index (κ2) is 6.05. The normalized spacial score (nSPS) is 11.1. The highest BCUT2D eigenvalue weighted by atomic mass is 32.2. The maximum absolute atomic E-state index is 12.0. The Kier molecular flexibility index (Phi) is 4.37. The monoisotopic (exact) mass is 306 g/mol. The number of rotatable bonds is 5. The Hall–Kier alpha value is -2.21. The maximum atomic E-state index is 12.0. The summed E-state index contributed by atoms with van der Waals surface area (Å²) in [5.74, 6) is 0.680. The quantitative estimate of drug-likeness (QED) is 0.860. The number of methoxy groups -OCH3 is 1. The van der Waals surface area contributed by atoms with E-state index in [1.165, 1.54) is 10.6 Å². The van der Waals surface area contributed by atoms with E-state index in [9.17, 15) is 8.42 Å². The molecule has 2 N–H and O–H groups in total. The molecule has 0 unspecified atom stereocenters. The predicted octanol–water partition coefficient (Wildman–Crippen LogP) is 2.24. The zero-order chi connectivity index (χ0) is 15.5. The first-order valence-electron chi connectivity index (χ1n) is 6.36. The van der Waals surface area contributed by atoms with Gasteiger partial charge in [0.15, 0.2) is 0 Å². The number of hydrogen-bond acceptors (Lipinski definition) is 4. The van der Waals surface area contributed by atoms with Gasteiger partial charge in [-0.2, -0.15) is 0 Å². The molecular weight excluding hydrogens is 288 g/mol. The van der Waals surface area contributed by atoms with Crippen molar-refractivity contribution in [2.24, 2.45) is 0 Å². The molecule has 0 bridgehead atoms. The first kappa shape index (κ1) is 15.2. The largest absolute Gasteiger partial charge is 0.497 e. The highest BCUT2D eigenvalue weighted by Gasteiger charge is 2.17. The summed E-state index contributed by atoms with van der Waals surface area (Å²) >= 11 is 0. The third kappa shape index (κ3) is 3.88. The van der Waals surface area contributed by atoms with E-state index >= 15 is 0 Å². The Morgan fingerprint density at radius 3 is 2.10 bits per heavy atom. The fraction of sp³-hybridized carbons (Fsp3) is 0.200. The number of anilines is 2. The molecule has 0 aromatic heterocycles. The average molecular weight is 306 g/mol. The van der Waals surface area contributed by atoms with Crippen LogP contribution in [-0.4, -0.2) is 21.8 Å². The van der Waals surface area contributed by atoms with E-state index in [4.69, 9.17) is 10.5 Å². The maximum Gasteiger partial charge on any atom is 0.232 e. The van der Waals surface area contributed by atoms with Crippen molar-refractivity contribution in [3.05, 3.63) is 54.1 Å². The second-order valence-corrected chi connectivity index (χ2v) is 6.62. The molecule has 0 atom stereocenters. The number of benzene rings is 2. The lowest BCUT2D eigenvalue weighted by molar-refractivity contribution is 0.415. The van der Waals surface area contributed by atoms with Gasteiger partial charge in [-0.25, -0.2) is 8.42 Å². The Morgan fingerprint density at radius 1 is 1.05 bits per heavy atom. The lowest BCUT2D eigenvalue weighted by Gasteiger charge is -2.22. The molecule has 2 aromatic rings. The van der Waals surface area contributed by atoms with Gasteiger partial charge in [0, 0.05) is 5.69 Å². The van der Waals surface area contributed by atoms with Gasteiger partial charge in [0.25, 0.3) is 0 Å². The van der Waals surface area contributed by atoms with Crippen molar-refractivity contribution >= 4 is 21.4 Å². The van der Waals surface area contributed by atoms with Gasteiger partial charge in [-0.15, -0.1) is 0 Å². The number of hydrogen-bond donors (Lipinski definition) is 1. The van der Waals surface area contributed by atoms with Crippen molar-refractivity contribution in [1.82, 2.24) is 0 Å². The van der Waals surface area contributed by atoms with E-state index < -0.39 is 10.0 Å². The molecule has 0 aliphatic heterocycles. The molecule has 112 valence electrons. The van der Waals surface area contributed by atoms with E-state index in [0.29, 0.717) is 17.1 Å². The van der Waals surface area contributed by atoms with Crippen LogP contribution in [0.3, 0.4) is 0 Å². The minimum atomic E-state index is -3.38. The molecule has 6 heteroatoms. The minimum absolute atomic E-state index is 0.255. The van der Waals surface area contributed by atoms with Gasteiger partial charge < -0.3 is 10.5 Å². The van der Waals surface area contributed by atoms with Gasteiger partial charge in [0.05, 0.1) is 25.6 Å². The number of nitrogen functional groups attached to an aromatic ring is 1. The molecule has 0 radical (unpaired) electrons. The predicted molar refractivity (Wildman–Crippen MR) is 84.9 cm³/mol. The van der Waals surface area contributed by atoms with Crippen molar-refractivity contribution in [2.45, 2.75) is 6.54 Å². The molecule has 0 saturated heterocycles. The van der Waals surface area contributed by atoms with Crippen molar-refractivity contribution in [2.75, 3.05) is 23.4 Å². The molecule has 0 saturated carbocycles. The Morgan fingerprint density at radius 2 is 1.62 bits per heavy atom. The van der Waals surface area contributed by atoms with Crippen molar-refractivity contribution in [1.29, 1.82) is 0 Å². The molecule has 0 aliphatic rings. The summed E-state index contributed by atoms with van der Waals surface area (Å²) < 4.78 is 30.5. The summed E-state index contributed by atoms with van der Waals surface area (Å²) in [7, 11) is -1.82. The molecule has 0 fully saturated rings. The van der Waals surface area contributed by atoms with Crippen LogP contribution in [0.1, 0.15) is 5.56 Å². The summed E-state index contributed by atoms with van der Waals surface area (Å²) in [6.45, 7) is 0.255. The molecule has 0 heterocycles. The van der Waals surface area contributed by atoms with Gasteiger partial charge in [0.2, 0.25) is 10.0 Å². The number of sulfonamides is 1. The van der Waals surface area contributed by atoms with Crippen LogP contribution in [0.25, 0.3) is 0 Å². The molecule has 21 heavy (non-hydrogen) atoms. The number of nitrogens with two attached hydrogens (primary N) is 1. The summed E-state index contributed by atoms with van der Waals surface area (Å²) in [6, 6.07) is 14.0. The molecule has 0 spiro atoms. The van der Waals surface area contributed by atoms with E-state index in [-0.39, 0.29) is 6.54 Å². The van der Waals surface area contributed by atoms with Gasteiger partial charge in [-0.3, -0.25) is 4.31 Å². The molecular formula is C15H18N2O3S. The molecule has 0 aliphatic carbocycles. The Balaban J connectivity index is 2.32. The summed E-state index contributed by atoms with van der Waals surface area (Å²) in [5, 5.41) is 0. The van der Waals surface area contributed by atoms with Crippen molar-refractivity contribution in [3.8, 4) is 5.75 Å². The second-order valence-electron chi connectivity index (χ2n) is 4.71. The SMILES string of the molecule is COc1ccc(N(Cc2ccc(N)cc2)S(C)(=O)=O)cc1. The third-order valence-electron chi connectivity index (χ3n) is 3.07. The van der Waals surface area contributed by atoms with Crippen LogP contribution in [0.4, 0.5) is 11.4 Å². The van der Waals surface area contributed by atoms with E-state index in [0.717, 1.165) is 5.56 Å². The number of ether oxygens (including phenoxy) is 1. The Labute approximate surface area is 125 Å². The molecule has 0 amide bonds. The first-order chi connectivity index (χ1) is 9.90. The summed E-state index contributed by atoms with van der Waals surface area (Å²) in [6.07, 6.45) is 1.19. The van der Waals surface area contributed by atoms with Crippen LogP contribution in [0.5, 0.6) is 5.75 Å².